The number of nitrogens with two attached hydrogens (primary N) is 1. The van der Waals surface area contributed by atoms with Crippen molar-refractivity contribution in [3.05, 3.63) is 94.0 Å². The average molecular weight is 490 g/mol. The summed E-state index contributed by atoms with van der Waals surface area (Å²) < 4.78 is 0. The van der Waals surface area contributed by atoms with Crippen molar-refractivity contribution in [2.45, 2.75) is 37.5 Å². The molecule has 1 atom stereocenters. The van der Waals surface area contributed by atoms with Crippen LogP contribution < -0.4 is 11.1 Å². The largest absolute Gasteiger partial charge is 0.372 e. The van der Waals surface area contributed by atoms with E-state index in [1.165, 1.54) is 4.90 Å². The standard InChI is InChI=1S/C28H28ClN3O3/c29-20-12-11-18(13-14-30)19(16-20)17-31-26(33)25-10-5-15-32(25)27(34)28(35)23-8-3-1-6-21(23)22-7-2-4-9-24(22)28/h1-4,6-9,11-12,16,25,35H,5,10,13-15,17,30H2,(H,31,33)/t25-/m0/s1. The second kappa shape index (κ2) is 9.46. The van der Waals surface area contributed by atoms with E-state index in [-0.39, 0.29) is 5.91 Å². The monoisotopic (exact) mass is 489 g/mol. The van der Waals surface area contributed by atoms with Gasteiger partial charge in [-0.1, -0.05) is 66.2 Å². The summed E-state index contributed by atoms with van der Waals surface area (Å²) in [5.41, 5.74) is 8.64. The topological polar surface area (TPSA) is 95.7 Å². The van der Waals surface area contributed by atoms with Gasteiger partial charge in [-0.2, -0.15) is 0 Å². The first-order chi connectivity index (χ1) is 16.9. The van der Waals surface area contributed by atoms with E-state index in [4.69, 9.17) is 17.3 Å². The van der Waals surface area contributed by atoms with Gasteiger partial charge in [0.25, 0.3) is 5.91 Å². The predicted molar refractivity (Wildman–Crippen MR) is 136 cm³/mol. The number of hydrogen-bond donors (Lipinski definition) is 3. The SMILES string of the molecule is NCCc1ccc(Cl)cc1CNC(=O)[C@@H]1CCCN1C(=O)C1(O)c2ccccc2-c2ccccc21. The number of likely N-dealkylation sites (tertiary alicyclic amines) is 1. The number of rotatable bonds is 6. The molecule has 1 saturated heterocycles. The Bertz CT molecular complexity index is 1250. The molecule has 5 rings (SSSR count). The van der Waals surface area contributed by atoms with Gasteiger partial charge in [0.2, 0.25) is 5.91 Å². The minimum absolute atomic E-state index is 0.238. The number of halogens is 1. The molecular formula is C28H28ClN3O3. The molecule has 1 fully saturated rings. The lowest BCUT2D eigenvalue weighted by molar-refractivity contribution is -0.151. The van der Waals surface area contributed by atoms with Crippen molar-refractivity contribution in [3.8, 4) is 11.1 Å². The van der Waals surface area contributed by atoms with Gasteiger partial charge >= 0.3 is 0 Å². The minimum Gasteiger partial charge on any atom is -0.372 e. The van der Waals surface area contributed by atoms with E-state index in [9.17, 15) is 14.7 Å². The normalized spacial score (nSPS) is 17.7. The number of carbonyl (C=O) groups is 2. The maximum atomic E-state index is 13.9. The molecule has 1 aliphatic carbocycles. The van der Waals surface area contributed by atoms with Gasteiger partial charge in [0.1, 0.15) is 6.04 Å². The number of amides is 2. The summed E-state index contributed by atoms with van der Waals surface area (Å²) in [4.78, 5) is 28.7. The maximum absolute atomic E-state index is 13.9. The number of nitrogens with zero attached hydrogens (tertiary/aromatic N) is 1. The number of aliphatic hydroxyl groups is 1. The third kappa shape index (κ3) is 4.01. The second-order valence-corrected chi connectivity index (χ2v) is 9.56. The van der Waals surface area contributed by atoms with Crippen LogP contribution in [0.15, 0.2) is 66.7 Å². The fourth-order valence-corrected chi connectivity index (χ4v) is 5.59. The Labute approximate surface area is 209 Å². The van der Waals surface area contributed by atoms with E-state index in [1.807, 2.05) is 54.6 Å². The van der Waals surface area contributed by atoms with Crippen molar-refractivity contribution in [2.24, 2.45) is 5.73 Å². The first-order valence-corrected chi connectivity index (χ1v) is 12.3. The summed E-state index contributed by atoms with van der Waals surface area (Å²) in [5.74, 6) is -0.697. The van der Waals surface area contributed by atoms with Gasteiger partial charge in [0, 0.05) is 29.2 Å². The summed E-state index contributed by atoms with van der Waals surface area (Å²) in [5, 5.41) is 15.5. The second-order valence-electron chi connectivity index (χ2n) is 9.13. The van der Waals surface area contributed by atoms with Crippen LogP contribution in [-0.4, -0.2) is 41.0 Å². The van der Waals surface area contributed by atoms with Crippen LogP contribution in [-0.2, 0) is 28.2 Å². The molecule has 4 N–H and O–H groups in total. The molecule has 0 spiro atoms. The van der Waals surface area contributed by atoms with E-state index in [0.29, 0.717) is 55.0 Å². The summed E-state index contributed by atoms with van der Waals surface area (Å²) in [7, 11) is 0. The van der Waals surface area contributed by atoms with Crippen LogP contribution >= 0.6 is 11.6 Å². The van der Waals surface area contributed by atoms with Crippen molar-refractivity contribution in [2.75, 3.05) is 13.1 Å². The van der Waals surface area contributed by atoms with Crippen molar-refractivity contribution in [3.63, 3.8) is 0 Å². The van der Waals surface area contributed by atoms with Gasteiger partial charge < -0.3 is 21.1 Å². The number of fused-ring (bicyclic) bond motifs is 3. The van der Waals surface area contributed by atoms with E-state index < -0.39 is 17.6 Å². The summed E-state index contributed by atoms with van der Waals surface area (Å²) in [6, 6.07) is 19.8. The van der Waals surface area contributed by atoms with E-state index in [0.717, 1.165) is 22.3 Å². The Morgan fingerprint density at radius 1 is 1.03 bits per heavy atom. The summed E-state index contributed by atoms with van der Waals surface area (Å²) in [6.45, 7) is 1.21. The van der Waals surface area contributed by atoms with E-state index in [1.54, 1.807) is 12.1 Å². The molecule has 2 amide bonds. The molecule has 0 saturated carbocycles. The fraction of sp³-hybridized carbons (Fsp3) is 0.286. The van der Waals surface area contributed by atoms with Gasteiger partial charge in [-0.15, -0.1) is 0 Å². The number of hydrogen-bond acceptors (Lipinski definition) is 4. The number of nitrogens with one attached hydrogen (secondary N) is 1. The van der Waals surface area contributed by atoms with Crippen molar-refractivity contribution < 1.29 is 14.7 Å². The van der Waals surface area contributed by atoms with Gasteiger partial charge in [0.05, 0.1) is 0 Å². The molecular weight excluding hydrogens is 462 g/mol. The van der Waals surface area contributed by atoms with Crippen LogP contribution in [0, 0.1) is 0 Å². The predicted octanol–water partition coefficient (Wildman–Crippen LogP) is 3.36. The Kier molecular flexibility index (Phi) is 6.36. The molecule has 6 nitrogen and oxygen atoms in total. The molecule has 35 heavy (non-hydrogen) atoms. The van der Waals surface area contributed by atoms with Gasteiger partial charge in [-0.3, -0.25) is 9.59 Å². The molecule has 0 aromatic heterocycles. The molecule has 0 bridgehead atoms. The molecule has 3 aromatic carbocycles. The average Bonchev–Trinajstić information content (AvgIpc) is 3.47. The van der Waals surface area contributed by atoms with Gasteiger partial charge in [-0.25, -0.2) is 0 Å². The highest BCUT2D eigenvalue weighted by molar-refractivity contribution is 6.30. The van der Waals surface area contributed by atoms with Crippen molar-refractivity contribution in [1.29, 1.82) is 0 Å². The Balaban J connectivity index is 1.39. The smallest absolute Gasteiger partial charge is 0.264 e. The minimum atomic E-state index is -1.82. The van der Waals surface area contributed by atoms with Crippen LogP contribution in [0.25, 0.3) is 11.1 Å². The number of carbonyl (C=O) groups excluding carboxylic acids is 2. The van der Waals surface area contributed by atoms with Crippen molar-refractivity contribution in [1.82, 2.24) is 10.2 Å². The van der Waals surface area contributed by atoms with Crippen LogP contribution in [0.5, 0.6) is 0 Å². The highest BCUT2D eigenvalue weighted by Gasteiger charge is 2.52. The zero-order chi connectivity index (χ0) is 24.6. The number of benzene rings is 3. The first kappa shape index (κ1) is 23.5. The maximum Gasteiger partial charge on any atom is 0.264 e. The van der Waals surface area contributed by atoms with E-state index >= 15 is 0 Å². The van der Waals surface area contributed by atoms with Crippen LogP contribution in [0.4, 0.5) is 0 Å². The molecule has 1 aliphatic heterocycles. The van der Waals surface area contributed by atoms with Crippen LogP contribution in [0.3, 0.4) is 0 Å². The fourth-order valence-electron chi connectivity index (χ4n) is 5.39. The molecule has 0 unspecified atom stereocenters. The van der Waals surface area contributed by atoms with Crippen LogP contribution in [0.2, 0.25) is 5.02 Å². The highest BCUT2D eigenvalue weighted by atomic mass is 35.5. The Hall–Kier alpha value is -3.19. The lowest BCUT2D eigenvalue weighted by Gasteiger charge is -2.33. The summed E-state index contributed by atoms with van der Waals surface area (Å²) >= 11 is 6.17. The van der Waals surface area contributed by atoms with Crippen LogP contribution in [0.1, 0.15) is 35.1 Å². The summed E-state index contributed by atoms with van der Waals surface area (Å²) in [6.07, 6.45) is 1.92. The first-order valence-electron chi connectivity index (χ1n) is 11.9. The third-order valence-electron chi connectivity index (χ3n) is 7.08. The third-order valence-corrected chi connectivity index (χ3v) is 7.32. The molecule has 1 heterocycles. The molecule has 0 radical (unpaired) electrons. The zero-order valence-electron chi connectivity index (χ0n) is 19.3. The zero-order valence-corrected chi connectivity index (χ0v) is 20.1. The molecule has 7 heteroatoms. The molecule has 180 valence electrons. The van der Waals surface area contributed by atoms with Gasteiger partial charge in [0.15, 0.2) is 5.60 Å². The highest BCUT2D eigenvalue weighted by Crippen LogP contribution is 2.48. The quantitative estimate of drug-likeness (QED) is 0.494. The van der Waals surface area contributed by atoms with E-state index in [2.05, 4.69) is 5.32 Å². The Morgan fingerprint density at radius 2 is 1.69 bits per heavy atom. The van der Waals surface area contributed by atoms with Gasteiger partial charge in [-0.05, 0) is 60.2 Å². The van der Waals surface area contributed by atoms with Crippen molar-refractivity contribution >= 4 is 23.4 Å². The molecule has 2 aliphatic rings. The molecule has 3 aromatic rings. The lowest BCUT2D eigenvalue weighted by Crippen LogP contribution is -2.52. The lowest BCUT2D eigenvalue weighted by atomic mass is 9.89. The Morgan fingerprint density at radius 3 is 2.34 bits per heavy atom.